The van der Waals surface area contributed by atoms with Crippen molar-refractivity contribution in [2.75, 3.05) is 13.1 Å². The Kier molecular flexibility index (Phi) is 11.0. The molecular formula is C36H41N5O5. The maximum atomic E-state index is 14.0. The van der Waals surface area contributed by atoms with Crippen LogP contribution < -0.4 is 16.0 Å². The molecule has 0 spiro atoms. The van der Waals surface area contributed by atoms with E-state index in [4.69, 9.17) is 4.74 Å². The molecule has 4 amide bonds. The molecular weight excluding hydrogens is 582 g/mol. The van der Waals surface area contributed by atoms with Gasteiger partial charge in [0.25, 0.3) is 0 Å². The molecule has 2 atom stereocenters. The predicted octanol–water partition coefficient (Wildman–Crippen LogP) is 4.38. The van der Waals surface area contributed by atoms with Crippen LogP contribution in [0.3, 0.4) is 0 Å². The van der Waals surface area contributed by atoms with Gasteiger partial charge in [0.1, 0.15) is 18.7 Å². The van der Waals surface area contributed by atoms with E-state index in [1.807, 2.05) is 84.9 Å². The van der Waals surface area contributed by atoms with E-state index < -0.39 is 18.2 Å². The summed E-state index contributed by atoms with van der Waals surface area (Å²) in [6.45, 7) is 2.57. The van der Waals surface area contributed by atoms with Crippen LogP contribution in [0.15, 0.2) is 84.9 Å². The fraction of sp³-hybridized carbons (Fsp3) is 0.333. The minimum Gasteiger partial charge on any atom is -0.445 e. The summed E-state index contributed by atoms with van der Waals surface area (Å²) in [6, 6.07) is 25.6. The predicted molar refractivity (Wildman–Crippen MR) is 176 cm³/mol. The maximum absolute atomic E-state index is 14.0. The molecule has 0 saturated carbocycles. The van der Waals surface area contributed by atoms with E-state index in [9.17, 15) is 19.2 Å². The van der Waals surface area contributed by atoms with E-state index in [0.717, 1.165) is 33.3 Å². The molecule has 0 bridgehead atoms. The second kappa shape index (κ2) is 15.7. The number of H-pyrrole nitrogens is 1. The second-order valence-electron chi connectivity index (χ2n) is 11.6. The molecule has 0 fully saturated rings. The Labute approximate surface area is 268 Å². The highest BCUT2D eigenvalue weighted by Gasteiger charge is 2.38. The lowest BCUT2D eigenvalue weighted by atomic mass is 10.0. The zero-order valence-corrected chi connectivity index (χ0v) is 26.1. The van der Waals surface area contributed by atoms with Crippen LogP contribution in [0.4, 0.5) is 4.79 Å². The smallest absolute Gasteiger partial charge is 0.407 e. The first-order valence-electron chi connectivity index (χ1n) is 15.8. The van der Waals surface area contributed by atoms with Crippen molar-refractivity contribution in [3.63, 3.8) is 0 Å². The van der Waals surface area contributed by atoms with Gasteiger partial charge in [0, 0.05) is 43.0 Å². The van der Waals surface area contributed by atoms with Crippen LogP contribution in [-0.4, -0.2) is 58.9 Å². The fourth-order valence-electron chi connectivity index (χ4n) is 5.93. The summed E-state index contributed by atoms with van der Waals surface area (Å²) in [4.78, 5) is 57.3. The van der Waals surface area contributed by atoms with Gasteiger partial charge in [-0.3, -0.25) is 14.4 Å². The Balaban J connectivity index is 1.28. The molecule has 0 unspecified atom stereocenters. The Morgan fingerprint density at radius 3 is 2.33 bits per heavy atom. The zero-order chi connectivity index (χ0) is 32.3. The first-order chi connectivity index (χ1) is 22.4. The Hall–Kier alpha value is -5.12. The molecule has 0 saturated heterocycles. The summed E-state index contributed by atoms with van der Waals surface area (Å²) in [5.74, 6) is -0.856. The number of hydrogen-bond acceptors (Lipinski definition) is 5. The standard InChI is InChI=1S/C36H41N5O5/c1-25(42)39-31-22-29-28-16-8-9-17-30(28)40-32(29)23-41(35(31)44)33(34(43)37-21-19-26-12-4-2-5-13-26)18-10-11-20-38-36(45)46-24-27-14-6-3-7-15-27/h2-9,12-17,31,33,40H,10-11,18-24H2,1H3,(H,37,43)(H,38,45)(H,39,42)/t31-,33+/m1/s1. The first-order valence-corrected chi connectivity index (χ1v) is 15.8. The number of aromatic amines is 1. The molecule has 10 heteroatoms. The van der Waals surface area contributed by atoms with E-state index in [-0.39, 0.29) is 30.9 Å². The number of amides is 4. The van der Waals surface area contributed by atoms with Crippen molar-refractivity contribution in [2.45, 2.75) is 64.3 Å². The molecule has 4 aromatic rings. The zero-order valence-electron chi connectivity index (χ0n) is 26.1. The number of unbranched alkanes of at least 4 members (excludes halogenated alkanes) is 1. The summed E-state index contributed by atoms with van der Waals surface area (Å²) in [7, 11) is 0. The average Bonchev–Trinajstić information content (AvgIpc) is 3.35. The number of aromatic nitrogens is 1. The van der Waals surface area contributed by atoms with Crippen molar-refractivity contribution >= 4 is 34.7 Å². The van der Waals surface area contributed by atoms with Crippen LogP contribution in [-0.2, 0) is 45.1 Å². The molecule has 240 valence electrons. The van der Waals surface area contributed by atoms with Gasteiger partial charge in [0.15, 0.2) is 0 Å². The number of rotatable bonds is 13. The fourth-order valence-corrected chi connectivity index (χ4v) is 5.93. The molecule has 0 aliphatic carbocycles. The number of ether oxygens (including phenoxy) is 1. The third-order valence-corrected chi connectivity index (χ3v) is 8.22. The summed E-state index contributed by atoms with van der Waals surface area (Å²) in [6.07, 6.45) is 2.01. The van der Waals surface area contributed by atoms with E-state index >= 15 is 0 Å². The monoisotopic (exact) mass is 623 g/mol. The molecule has 4 N–H and O–H groups in total. The Morgan fingerprint density at radius 2 is 1.59 bits per heavy atom. The van der Waals surface area contributed by atoms with E-state index in [1.54, 1.807) is 4.90 Å². The third kappa shape index (κ3) is 8.53. The van der Waals surface area contributed by atoms with Crippen molar-refractivity contribution in [3.05, 3.63) is 107 Å². The number of para-hydroxylation sites is 1. The van der Waals surface area contributed by atoms with Crippen molar-refractivity contribution in [3.8, 4) is 0 Å². The highest BCUT2D eigenvalue weighted by Crippen LogP contribution is 2.29. The van der Waals surface area contributed by atoms with Crippen LogP contribution in [0.25, 0.3) is 10.9 Å². The van der Waals surface area contributed by atoms with E-state index in [2.05, 4.69) is 20.9 Å². The Morgan fingerprint density at radius 1 is 0.891 bits per heavy atom. The number of carbonyl (C=O) groups is 4. The molecule has 1 aliphatic rings. The first kappa shape index (κ1) is 32.3. The van der Waals surface area contributed by atoms with Gasteiger partial charge in [-0.15, -0.1) is 0 Å². The van der Waals surface area contributed by atoms with Crippen molar-refractivity contribution in [1.82, 2.24) is 25.8 Å². The van der Waals surface area contributed by atoms with E-state index in [1.165, 1.54) is 6.92 Å². The lowest BCUT2D eigenvalue weighted by molar-refractivity contribution is -0.143. The molecule has 46 heavy (non-hydrogen) atoms. The highest BCUT2D eigenvalue weighted by molar-refractivity contribution is 5.94. The maximum Gasteiger partial charge on any atom is 0.407 e. The number of benzene rings is 3. The number of carbonyl (C=O) groups excluding carboxylic acids is 4. The lowest BCUT2D eigenvalue weighted by Gasteiger charge is -2.32. The van der Waals surface area contributed by atoms with Crippen LogP contribution >= 0.6 is 0 Å². The van der Waals surface area contributed by atoms with Gasteiger partial charge < -0.3 is 30.6 Å². The largest absolute Gasteiger partial charge is 0.445 e. The number of hydrogen-bond donors (Lipinski definition) is 4. The lowest BCUT2D eigenvalue weighted by Crippen LogP contribution is -2.55. The van der Waals surface area contributed by atoms with Crippen molar-refractivity contribution < 1.29 is 23.9 Å². The minimum atomic E-state index is -0.807. The van der Waals surface area contributed by atoms with Crippen molar-refractivity contribution in [2.24, 2.45) is 0 Å². The number of fused-ring (bicyclic) bond motifs is 3. The van der Waals surface area contributed by atoms with Gasteiger partial charge in [-0.2, -0.15) is 0 Å². The van der Waals surface area contributed by atoms with Crippen LogP contribution in [0.1, 0.15) is 48.6 Å². The number of alkyl carbamates (subject to hydrolysis) is 1. The Bertz CT molecular complexity index is 1640. The summed E-state index contributed by atoms with van der Waals surface area (Å²) < 4.78 is 5.29. The van der Waals surface area contributed by atoms with Crippen molar-refractivity contribution in [1.29, 1.82) is 0 Å². The van der Waals surface area contributed by atoms with Gasteiger partial charge in [0.05, 0.1) is 6.54 Å². The molecule has 0 radical (unpaired) electrons. The van der Waals surface area contributed by atoms with E-state index in [0.29, 0.717) is 45.2 Å². The second-order valence-corrected chi connectivity index (χ2v) is 11.6. The van der Waals surface area contributed by atoms with Crippen LogP contribution in [0.2, 0.25) is 0 Å². The van der Waals surface area contributed by atoms with Gasteiger partial charge in [-0.25, -0.2) is 4.79 Å². The molecule has 5 rings (SSSR count). The van der Waals surface area contributed by atoms with Gasteiger partial charge >= 0.3 is 6.09 Å². The van der Waals surface area contributed by atoms with Gasteiger partial charge in [-0.05, 0) is 48.4 Å². The normalized spacial score (nSPS) is 15.0. The SMILES string of the molecule is CC(=O)N[C@@H]1Cc2c([nH]c3ccccc23)CN([C@@H](CCCCNC(=O)OCc2ccccc2)C(=O)NCCc2ccccc2)C1=O. The average molecular weight is 624 g/mol. The number of nitrogens with one attached hydrogen (secondary N) is 4. The molecule has 3 aromatic carbocycles. The summed E-state index contributed by atoms with van der Waals surface area (Å²) in [5.41, 5.74) is 4.76. The van der Waals surface area contributed by atoms with Gasteiger partial charge in [-0.1, -0.05) is 78.9 Å². The highest BCUT2D eigenvalue weighted by atomic mass is 16.5. The molecule has 1 aliphatic heterocycles. The molecule has 2 heterocycles. The molecule has 1 aromatic heterocycles. The third-order valence-electron chi connectivity index (χ3n) is 8.22. The quantitative estimate of drug-likeness (QED) is 0.164. The topological polar surface area (TPSA) is 133 Å². The summed E-state index contributed by atoms with van der Waals surface area (Å²) in [5, 5.41) is 9.64. The molecule has 10 nitrogen and oxygen atoms in total. The van der Waals surface area contributed by atoms with Gasteiger partial charge in [0.2, 0.25) is 17.7 Å². The number of nitrogens with zero attached hydrogens (tertiary/aromatic N) is 1. The summed E-state index contributed by atoms with van der Waals surface area (Å²) >= 11 is 0. The van der Waals surface area contributed by atoms with Crippen LogP contribution in [0.5, 0.6) is 0 Å². The minimum absolute atomic E-state index is 0.181. The van der Waals surface area contributed by atoms with Crippen LogP contribution in [0, 0.1) is 0 Å².